The maximum atomic E-state index is 6.03. The molecule has 0 saturated carbocycles. The monoisotopic (exact) mass is 285 g/mol. The molecule has 0 aliphatic rings. The standard InChI is InChI=1S/C18H23NO2/c1-12-5-6-13(2)18(14(12)3)21-11-15-7-8-17(20-4)16(9-15)10-19/h5-9H,10-11,19H2,1-4H3. The summed E-state index contributed by atoms with van der Waals surface area (Å²) in [6.45, 7) is 7.25. The zero-order valence-corrected chi connectivity index (χ0v) is 13.2. The molecule has 0 unspecified atom stereocenters. The second kappa shape index (κ2) is 6.64. The summed E-state index contributed by atoms with van der Waals surface area (Å²) in [7, 11) is 1.66. The van der Waals surface area contributed by atoms with E-state index < -0.39 is 0 Å². The molecule has 2 N–H and O–H groups in total. The number of rotatable bonds is 5. The third-order valence-corrected chi connectivity index (χ3v) is 3.82. The number of aryl methyl sites for hydroxylation is 2. The second-order valence-electron chi connectivity index (χ2n) is 5.29. The van der Waals surface area contributed by atoms with Crippen LogP contribution >= 0.6 is 0 Å². The Kier molecular flexibility index (Phi) is 4.86. The van der Waals surface area contributed by atoms with Crippen molar-refractivity contribution >= 4 is 0 Å². The van der Waals surface area contributed by atoms with Crippen LogP contribution in [0.2, 0.25) is 0 Å². The minimum Gasteiger partial charge on any atom is -0.496 e. The van der Waals surface area contributed by atoms with Crippen molar-refractivity contribution in [3.8, 4) is 11.5 Å². The molecule has 0 fully saturated rings. The lowest BCUT2D eigenvalue weighted by atomic mass is 10.1. The van der Waals surface area contributed by atoms with Crippen molar-refractivity contribution in [2.45, 2.75) is 33.9 Å². The first-order chi connectivity index (χ1) is 10.1. The van der Waals surface area contributed by atoms with Crippen LogP contribution in [0.15, 0.2) is 30.3 Å². The Morgan fingerprint density at radius 3 is 2.38 bits per heavy atom. The molecule has 0 aliphatic heterocycles. The molecule has 3 nitrogen and oxygen atoms in total. The highest BCUT2D eigenvalue weighted by atomic mass is 16.5. The lowest BCUT2D eigenvalue weighted by Crippen LogP contribution is -2.04. The predicted octanol–water partition coefficient (Wildman–Crippen LogP) is 3.66. The quantitative estimate of drug-likeness (QED) is 0.912. The van der Waals surface area contributed by atoms with Gasteiger partial charge in [-0.05, 0) is 55.2 Å². The maximum Gasteiger partial charge on any atom is 0.125 e. The minimum atomic E-state index is 0.458. The third kappa shape index (κ3) is 3.37. The molecule has 2 aromatic rings. The Labute approximate surface area is 126 Å². The van der Waals surface area contributed by atoms with Crippen LogP contribution in [0.25, 0.3) is 0 Å². The summed E-state index contributed by atoms with van der Waals surface area (Å²) in [4.78, 5) is 0. The molecule has 0 saturated heterocycles. The Morgan fingerprint density at radius 2 is 1.71 bits per heavy atom. The van der Waals surface area contributed by atoms with Gasteiger partial charge in [0.25, 0.3) is 0 Å². The Morgan fingerprint density at radius 1 is 1.00 bits per heavy atom. The molecule has 21 heavy (non-hydrogen) atoms. The second-order valence-corrected chi connectivity index (χ2v) is 5.29. The zero-order chi connectivity index (χ0) is 15.4. The molecule has 0 spiro atoms. The van der Waals surface area contributed by atoms with Gasteiger partial charge >= 0.3 is 0 Å². The van der Waals surface area contributed by atoms with Gasteiger partial charge in [-0.15, -0.1) is 0 Å². The smallest absolute Gasteiger partial charge is 0.125 e. The van der Waals surface area contributed by atoms with E-state index in [-0.39, 0.29) is 0 Å². The van der Waals surface area contributed by atoms with Gasteiger partial charge in [-0.25, -0.2) is 0 Å². The van der Waals surface area contributed by atoms with Crippen molar-refractivity contribution in [2.24, 2.45) is 5.73 Å². The summed E-state index contributed by atoms with van der Waals surface area (Å²) < 4.78 is 11.3. The highest BCUT2D eigenvalue weighted by molar-refractivity contribution is 5.45. The average molecular weight is 285 g/mol. The first kappa shape index (κ1) is 15.4. The van der Waals surface area contributed by atoms with Crippen LogP contribution in [0.3, 0.4) is 0 Å². The van der Waals surface area contributed by atoms with Crippen LogP contribution in [-0.4, -0.2) is 7.11 Å². The van der Waals surface area contributed by atoms with E-state index in [9.17, 15) is 0 Å². The predicted molar refractivity (Wildman–Crippen MR) is 85.9 cm³/mol. The number of ether oxygens (including phenoxy) is 2. The van der Waals surface area contributed by atoms with Gasteiger partial charge < -0.3 is 15.2 Å². The van der Waals surface area contributed by atoms with Crippen LogP contribution in [0, 0.1) is 20.8 Å². The summed E-state index contributed by atoms with van der Waals surface area (Å²) in [6, 6.07) is 10.2. The van der Waals surface area contributed by atoms with E-state index >= 15 is 0 Å². The van der Waals surface area contributed by atoms with Crippen molar-refractivity contribution in [2.75, 3.05) is 7.11 Å². The number of methoxy groups -OCH3 is 1. The van der Waals surface area contributed by atoms with Gasteiger partial charge in [0.1, 0.15) is 18.1 Å². The molecule has 0 radical (unpaired) electrons. The van der Waals surface area contributed by atoms with E-state index in [4.69, 9.17) is 15.2 Å². The van der Waals surface area contributed by atoms with Gasteiger partial charge in [-0.3, -0.25) is 0 Å². The lowest BCUT2D eigenvalue weighted by molar-refractivity contribution is 0.301. The SMILES string of the molecule is COc1ccc(COc2c(C)ccc(C)c2C)cc1CN. The number of nitrogens with two attached hydrogens (primary N) is 1. The highest BCUT2D eigenvalue weighted by Crippen LogP contribution is 2.27. The Hall–Kier alpha value is -2.00. The normalized spacial score (nSPS) is 10.5. The molecule has 0 bridgehead atoms. The van der Waals surface area contributed by atoms with E-state index in [1.165, 1.54) is 11.1 Å². The van der Waals surface area contributed by atoms with E-state index in [2.05, 4.69) is 32.9 Å². The molecule has 0 aliphatic carbocycles. The lowest BCUT2D eigenvalue weighted by Gasteiger charge is -2.15. The van der Waals surface area contributed by atoms with Gasteiger partial charge in [-0.2, -0.15) is 0 Å². The largest absolute Gasteiger partial charge is 0.496 e. The number of hydrogen-bond acceptors (Lipinski definition) is 3. The number of hydrogen-bond donors (Lipinski definition) is 1. The first-order valence-corrected chi connectivity index (χ1v) is 7.12. The Bertz CT molecular complexity index is 635. The summed E-state index contributed by atoms with van der Waals surface area (Å²) in [6.07, 6.45) is 0. The molecule has 112 valence electrons. The fourth-order valence-corrected chi connectivity index (χ4v) is 2.38. The van der Waals surface area contributed by atoms with Gasteiger partial charge in [0.2, 0.25) is 0 Å². The summed E-state index contributed by atoms with van der Waals surface area (Å²) >= 11 is 0. The zero-order valence-electron chi connectivity index (χ0n) is 13.2. The van der Waals surface area contributed by atoms with Gasteiger partial charge in [0, 0.05) is 12.1 Å². The third-order valence-electron chi connectivity index (χ3n) is 3.82. The van der Waals surface area contributed by atoms with Gasteiger partial charge in [0.15, 0.2) is 0 Å². The summed E-state index contributed by atoms with van der Waals surface area (Å²) in [5.41, 5.74) is 11.4. The fourth-order valence-electron chi connectivity index (χ4n) is 2.38. The van der Waals surface area contributed by atoms with E-state index in [1.807, 2.05) is 18.2 Å². The van der Waals surface area contributed by atoms with Crippen molar-refractivity contribution in [1.29, 1.82) is 0 Å². The van der Waals surface area contributed by atoms with Crippen LogP contribution in [-0.2, 0) is 13.2 Å². The van der Waals surface area contributed by atoms with Crippen molar-refractivity contribution in [3.63, 3.8) is 0 Å². The average Bonchev–Trinajstić information content (AvgIpc) is 2.50. The van der Waals surface area contributed by atoms with Crippen LogP contribution in [0.5, 0.6) is 11.5 Å². The molecule has 2 aromatic carbocycles. The Balaban J connectivity index is 2.19. The molecule has 0 aromatic heterocycles. The minimum absolute atomic E-state index is 0.458. The molecular formula is C18H23NO2. The molecule has 3 heteroatoms. The van der Waals surface area contributed by atoms with Crippen LogP contribution in [0.1, 0.15) is 27.8 Å². The van der Waals surface area contributed by atoms with Crippen molar-refractivity contribution in [3.05, 3.63) is 58.1 Å². The van der Waals surface area contributed by atoms with Crippen molar-refractivity contribution in [1.82, 2.24) is 0 Å². The molecule has 0 amide bonds. The molecule has 0 heterocycles. The first-order valence-electron chi connectivity index (χ1n) is 7.12. The van der Waals surface area contributed by atoms with Gasteiger partial charge in [-0.1, -0.05) is 18.2 Å². The highest BCUT2D eigenvalue weighted by Gasteiger charge is 2.08. The van der Waals surface area contributed by atoms with E-state index in [0.29, 0.717) is 13.2 Å². The molecular weight excluding hydrogens is 262 g/mol. The molecule has 0 atom stereocenters. The van der Waals surface area contributed by atoms with Gasteiger partial charge in [0.05, 0.1) is 7.11 Å². The molecule has 2 rings (SSSR count). The maximum absolute atomic E-state index is 6.03. The van der Waals surface area contributed by atoms with E-state index in [1.54, 1.807) is 7.11 Å². The van der Waals surface area contributed by atoms with E-state index in [0.717, 1.165) is 28.2 Å². The number of benzene rings is 2. The topological polar surface area (TPSA) is 44.5 Å². The fraction of sp³-hybridized carbons (Fsp3) is 0.333. The van der Waals surface area contributed by atoms with Crippen LogP contribution < -0.4 is 15.2 Å². The summed E-state index contributed by atoms with van der Waals surface area (Å²) in [5.74, 6) is 1.80. The summed E-state index contributed by atoms with van der Waals surface area (Å²) in [5, 5.41) is 0. The van der Waals surface area contributed by atoms with Crippen LogP contribution in [0.4, 0.5) is 0 Å². The van der Waals surface area contributed by atoms with Crippen molar-refractivity contribution < 1.29 is 9.47 Å².